The van der Waals surface area contributed by atoms with Crippen molar-refractivity contribution in [2.75, 3.05) is 0 Å². The van der Waals surface area contributed by atoms with Gasteiger partial charge in [-0.2, -0.15) is 0 Å². The molecule has 0 N–H and O–H groups in total. The fourth-order valence-electron chi connectivity index (χ4n) is 2.74. The number of rotatable bonds is 3. The van der Waals surface area contributed by atoms with Gasteiger partial charge in [0.1, 0.15) is 16.2 Å². The summed E-state index contributed by atoms with van der Waals surface area (Å²) < 4.78 is 42.8. The zero-order valence-electron chi connectivity index (χ0n) is 14.3. The highest BCUT2D eigenvalue weighted by Crippen LogP contribution is 2.28. The first-order valence-corrected chi connectivity index (χ1v) is 8.68. The van der Waals surface area contributed by atoms with E-state index in [1.807, 2.05) is 18.5 Å². The minimum absolute atomic E-state index is 0.108. The summed E-state index contributed by atoms with van der Waals surface area (Å²) in [5.41, 5.74) is 0.711. The Hall–Kier alpha value is -2.22. The molecule has 2 aromatic heterocycles. The van der Waals surface area contributed by atoms with Crippen molar-refractivity contribution in [2.24, 2.45) is 12.0 Å². The lowest BCUT2D eigenvalue weighted by molar-refractivity contribution is 0.146. The monoisotopic (exact) mass is 424 g/mol. The van der Waals surface area contributed by atoms with Crippen molar-refractivity contribution in [3.05, 3.63) is 63.3 Å². The Balaban J connectivity index is 2.21. The van der Waals surface area contributed by atoms with E-state index in [2.05, 4.69) is 30.9 Å². The molecule has 0 spiro atoms. The average molecular weight is 425 g/mol. The van der Waals surface area contributed by atoms with E-state index in [0.29, 0.717) is 15.9 Å². The van der Waals surface area contributed by atoms with Gasteiger partial charge in [0.25, 0.3) is 6.43 Å². The highest BCUT2D eigenvalue weighted by molar-refractivity contribution is 9.10. The highest BCUT2D eigenvalue weighted by atomic mass is 79.9. The number of hydrogen-bond donors (Lipinski definition) is 0. The van der Waals surface area contributed by atoms with E-state index >= 15 is 0 Å². The Morgan fingerprint density at radius 3 is 2.62 bits per heavy atom. The Morgan fingerprint density at radius 1 is 1.23 bits per heavy atom. The van der Waals surface area contributed by atoms with Crippen molar-refractivity contribution in [1.29, 1.82) is 0 Å². The fourth-order valence-corrected chi connectivity index (χ4v) is 3.07. The summed E-state index contributed by atoms with van der Waals surface area (Å²) in [6, 6.07) is 5.06. The lowest BCUT2D eigenvalue weighted by atomic mass is 10.0. The second-order valence-electron chi connectivity index (χ2n) is 5.92. The van der Waals surface area contributed by atoms with Gasteiger partial charge in [0.2, 0.25) is 0 Å². The van der Waals surface area contributed by atoms with Crippen molar-refractivity contribution < 1.29 is 13.2 Å². The van der Waals surface area contributed by atoms with Crippen LogP contribution in [0.3, 0.4) is 0 Å². The second-order valence-corrected chi connectivity index (χ2v) is 6.73. The fraction of sp³-hybridized carbons (Fsp3) is 0.278. The third-order valence-corrected chi connectivity index (χ3v) is 4.70. The van der Waals surface area contributed by atoms with Gasteiger partial charge in [-0.15, -0.1) is 0 Å². The molecule has 0 aliphatic carbocycles. The van der Waals surface area contributed by atoms with Gasteiger partial charge < -0.3 is 4.57 Å². The molecule has 0 radical (unpaired) electrons. The van der Waals surface area contributed by atoms with E-state index < -0.39 is 23.8 Å². The van der Waals surface area contributed by atoms with Crippen LogP contribution < -0.4 is 5.49 Å². The number of aryl methyl sites for hydroxylation is 2. The molecular formula is C18H16BrF3N4. The largest absolute Gasteiger partial charge is 0.331 e. The molecule has 3 rings (SSSR count). The molecule has 0 unspecified atom stereocenters. The predicted octanol–water partition coefficient (Wildman–Crippen LogP) is 4.78. The van der Waals surface area contributed by atoms with Crippen LogP contribution in [-0.4, -0.2) is 14.5 Å². The summed E-state index contributed by atoms with van der Waals surface area (Å²) in [5.74, 6) is -0.224. The summed E-state index contributed by atoms with van der Waals surface area (Å²) in [6.45, 7) is 3.48. The minimum Gasteiger partial charge on any atom is -0.331 e. The van der Waals surface area contributed by atoms with Crippen molar-refractivity contribution in [3.8, 4) is 0 Å². The summed E-state index contributed by atoms with van der Waals surface area (Å²) in [6.07, 6.45) is -1.18. The van der Waals surface area contributed by atoms with Crippen LogP contribution in [0, 0.1) is 12.7 Å². The number of nitrogens with zero attached hydrogens (tertiary/aromatic N) is 4. The van der Waals surface area contributed by atoms with Crippen LogP contribution in [0.5, 0.6) is 0 Å². The third-order valence-electron chi connectivity index (χ3n) is 4.26. The normalized spacial score (nSPS) is 13.6. The SMILES string of the molecule is Cc1n/c(=N\[C@H](C)c2cccc(C(F)F)c2F)c2cc(Br)ncc2n1C. The summed E-state index contributed by atoms with van der Waals surface area (Å²) >= 11 is 3.32. The quantitative estimate of drug-likeness (QED) is 0.567. The Kier molecular flexibility index (Phi) is 5.13. The molecule has 0 aliphatic rings. The molecular weight excluding hydrogens is 409 g/mol. The van der Waals surface area contributed by atoms with E-state index in [0.717, 1.165) is 17.0 Å². The Labute approximate surface area is 156 Å². The molecule has 0 bridgehead atoms. The Morgan fingerprint density at radius 2 is 1.92 bits per heavy atom. The first kappa shape index (κ1) is 18.6. The van der Waals surface area contributed by atoms with Gasteiger partial charge in [-0.1, -0.05) is 18.2 Å². The van der Waals surface area contributed by atoms with Crippen LogP contribution in [0.4, 0.5) is 13.2 Å². The molecule has 136 valence electrons. The van der Waals surface area contributed by atoms with E-state index in [1.165, 1.54) is 12.1 Å². The summed E-state index contributed by atoms with van der Waals surface area (Å²) in [7, 11) is 1.86. The minimum atomic E-state index is -2.87. The molecule has 3 aromatic rings. The van der Waals surface area contributed by atoms with Gasteiger partial charge in [-0.3, -0.25) is 4.99 Å². The van der Waals surface area contributed by atoms with Crippen molar-refractivity contribution in [1.82, 2.24) is 14.5 Å². The maximum Gasteiger partial charge on any atom is 0.266 e. The Bertz CT molecular complexity index is 1050. The second kappa shape index (κ2) is 7.19. The van der Waals surface area contributed by atoms with Crippen LogP contribution >= 0.6 is 15.9 Å². The van der Waals surface area contributed by atoms with Gasteiger partial charge in [-0.25, -0.2) is 23.1 Å². The lowest BCUT2D eigenvalue weighted by Crippen LogP contribution is -2.18. The van der Waals surface area contributed by atoms with Crippen molar-refractivity contribution >= 4 is 26.8 Å². The number of benzene rings is 1. The lowest BCUT2D eigenvalue weighted by Gasteiger charge is -2.13. The smallest absolute Gasteiger partial charge is 0.266 e. The van der Waals surface area contributed by atoms with E-state index in [4.69, 9.17) is 0 Å². The number of halogens is 4. The zero-order valence-corrected chi connectivity index (χ0v) is 15.9. The highest BCUT2D eigenvalue weighted by Gasteiger charge is 2.19. The molecule has 2 heterocycles. The summed E-state index contributed by atoms with van der Waals surface area (Å²) in [5, 5.41) is 0.734. The van der Waals surface area contributed by atoms with Crippen LogP contribution in [0.25, 0.3) is 10.9 Å². The third kappa shape index (κ3) is 3.38. The number of fused-ring (bicyclic) bond motifs is 1. The van der Waals surface area contributed by atoms with Gasteiger partial charge in [0, 0.05) is 18.0 Å². The zero-order chi connectivity index (χ0) is 19.0. The van der Waals surface area contributed by atoms with Crippen LogP contribution in [-0.2, 0) is 7.05 Å². The van der Waals surface area contributed by atoms with E-state index in [9.17, 15) is 13.2 Å². The van der Waals surface area contributed by atoms with Crippen LogP contribution in [0.2, 0.25) is 0 Å². The number of alkyl halides is 2. The topological polar surface area (TPSA) is 43.1 Å². The molecule has 26 heavy (non-hydrogen) atoms. The standard InChI is InChI=1S/C18H16BrF3N4/c1-9(11-5-4-6-12(16(11)20)17(21)22)24-18-13-7-15(19)23-8-14(13)26(3)10(2)25-18/h4-9,17H,1-3H3/b24-18-/t9-/m1/s1. The number of pyridine rings is 1. The van der Waals surface area contributed by atoms with Crippen molar-refractivity contribution in [2.45, 2.75) is 26.3 Å². The predicted molar refractivity (Wildman–Crippen MR) is 96.3 cm³/mol. The molecule has 0 amide bonds. The molecule has 0 aliphatic heterocycles. The molecule has 8 heteroatoms. The van der Waals surface area contributed by atoms with Gasteiger partial charge in [0.15, 0.2) is 5.49 Å². The van der Waals surface area contributed by atoms with Crippen molar-refractivity contribution in [3.63, 3.8) is 0 Å². The maximum atomic E-state index is 14.4. The van der Waals surface area contributed by atoms with Gasteiger partial charge in [-0.05, 0) is 35.8 Å². The molecule has 4 nitrogen and oxygen atoms in total. The van der Waals surface area contributed by atoms with E-state index in [-0.39, 0.29) is 5.56 Å². The number of aromatic nitrogens is 3. The van der Waals surface area contributed by atoms with Gasteiger partial charge in [0.05, 0.1) is 23.3 Å². The van der Waals surface area contributed by atoms with Crippen LogP contribution in [0.15, 0.2) is 40.1 Å². The average Bonchev–Trinajstić information content (AvgIpc) is 2.59. The van der Waals surface area contributed by atoms with E-state index in [1.54, 1.807) is 19.2 Å². The number of hydrogen-bond acceptors (Lipinski definition) is 3. The van der Waals surface area contributed by atoms with Gasteiger partial charge >= 0.3 is 0 Å². The first-order valence-electron chi connectivity index (χ1n) is 7.88. The molecule has 0 saturated heterocycles. The molecule has 1 aromatic carbocycles. The molecule has 0 saturated carbocycles. The summed E-state index contributed by atoms with van der Waals surface area (Å²) in [4.78, 5) is 13.2. The van der Waals surface area contributed by atoms with Crippen LogP contribution in [0.1, 0.15) is 36.3 Å². The molecule has 0 fully saturated rings. The maximum absolute atomic E-state index is 14.4. The molecule has 1 atom stereocenters. The first-order chi connectivity index (χ1) is 12.3.